The molecule has 0 radical (unpaired) electrons. The number of rotatable bonds is 6. The number of nitrogens with one attached hydrogen (secondary N) is 1. The van der Waals surface area contributed by atoms with Crippen molar-refractivity contribution in [3.63, 3.8) is 0 Å². The van der Waals surface area contributed by atoms with Crippen molar-refractivity contribution in [2.45, 2.75) is 18.7 Å². The van der Waals surface area contributed by atoms with Gasteiger partial charge in [-0.25, -0.2) is 13.4 Å². The molecule has 2 aromatic rings. The van der Waals surface area contributed by atoms with E-state index < -0.39 is 15.9 Å². The van der Waals surface area contributed by atoms with Crippen molar-refractivity contribution >= 4 is 21.7 Å². The molecule has 8 heteroatoms. The minimum atomic E-state index is -3.56. The number of aromatic hydroxyl groups is 1. The van der Waals surface area contributed by atoms with Crippen molar-refractivity contribution in [3.05, 3.63) is 48.2 Å². The molecule has 0 aliphatic heterocycles. The number of carbonyl (C=O) groups excluding carboxylic acids is 1. The van der Waals surface area contributed by atoms with Gasteiger partial charge >= 0.3 is 0 Å². The van der Waals surface area contributed by atoms with Gasteiger partial charge in [0.25, 0.3) is 5.91 Å². The van der Waals surface area contributed by atoms with E-state index >= 15 is 0 Å². The summed E-state index contributed by atoms with van der Waals surface area (Å²) in [4.78, 5) is 16.1. The maximum atomic E-state index is 12.4. The smallest absolute Gasteiger partial charge is 0.256 e. The zero-order valence-corrected chi connectivity index (χ0v) is 14.2. The summed E-state index contributed by atoms with van der Waals surface area (Å²) >= 11 is 0. The van der Waals surface area contributed by atoms with E-state index in [1.807, 2.05) is 0 Å². The van der Waals surface area contributed by atoms with Crippen molar-refractivity contribution in [3.8, 4) is 5.75 Å². The van der Waals surface area contributed by atoms with Gasteiger partial charge in [-0.05, 0) is 36.4 Å². The summed E-state index contributed by atoms with van der Waals surface area (Å²) in [7, 11) is -3.56. The Balaban J connectivity index is 2.20. The Morgan fingerprint density at radius 3 is 2.33 bits per heavy atom. The molecule has 1 aromatic carbocycles. The fourth-order valence-corrected chi connectivity index (χ4v) is 3.62. The number of pyridine rings is 1. The molecule has 0 aliphatic carbocycles. The van der Waals surface area contributed by atoms with Crippen LogP contribution >= 0.6 is 0 Å². The van der Waals surface area contributed by atoms with Crippen molar-refractivity contribution < 1.29 is 18.3 Å². The summed E-state index contributed by atoms with van der Waals surface area (Å²) in [6, 6.07) is 8.57. The second-order valence-corrected chi connectivity index (χ2v) is 6.88. The highest BCUT2D eigenvalue weighted by Crippen LogP contribution is 2.20. The summed E-state index contributed by atoms with van der Waals surface area (Å²) in [5.41, 5.74) is 0.263. The van der Waals surface area contributed by atoms with Crippen LogP contribution in [0.1, 0.15) is 24.2 Å². The molecule has 0 atom stereocenters. The van der Waals surface area contributed by atoms with Crippen LogP contribution in [0, 0.1) is 0 Å². The van der Waals surface area contributed by atoms with E-state index in [0.717, 1.165) is 0 Å². The van der Waals surface area contributed by atoms with Crippen molar-refractivity contribution in [2.75, 3.05) is 18.4 Å². The molecule has 0 saturated heterocycles. The zero-order valence-electron chi connectivity index (χ0n) is 13.4. The first-order chi connectivity index (χ1) is 11.4. The molecule has 2 N–H and O–H groups in total. The van der Waals surface area contributed by atoms with Crippen LogP contribution in [-0.2, 0) is 10.0 Å². The van der Waals surface area contributed by atoms with E-state index in [-0.39, 0.29) is 22.0 Å². The number of sulfonamides is 1. The van der Waals surface area contributed by atoms with Crippen LogP contribution in [0.3, 0.4) is 0 Å². The first-order valence-electron chi connectivity index (χ1n) is 7.45. The second kappa shape index (κ2) is 7.41. The largest absolute Gasteiger partial charge is 0.504 e. The summed E-state index contributed by atoms with van der Waals surface area (Å²) < 4.78 is 26.1. The molecule has 0 spiro atoms. The average Bonchev–Trinajstić information content (AvgIpc) is 2.58. The Hall–Kier alpha value is -2.45. The molecule has 0 bridgehead atoms. The number of amides is 1. The van der Waals surface area contributed by atoms with E-state index in [9.17, 15) is 18.3 Å². The minimum absolute atomic E-state index is 0.0438. The van der Waals surface area contributed by atoms with Gasteiger partial charge < -0.3 is 10.4 Å². The number of benzene rings is 1. The number of hydrogen-bond acceptors (Lipinski definition) is 5. The van der Waals surface area contributed by atoms with Crippen LogP contribution in [0.4, 0.5) is 5.82 Å². The van der Waals surface area contributed by atoms with Gasteiger partial charge in [0.05, 0.1) is 4.90 Å². The molecule has 128 valence electrons. The number of anilines is 1. The molecule has 7 nitrogen and oxygen atoms in total. The van der Waals surface area contributed by atoms with E-state index in [4.69, 9.17) is 0 Å². The van der Waals surface area contributed by atoms with Gasteiger partial charge in [-0.2, -0.15) is 4.31 Å². The van der Waals surface area contributed by atoms with Crippen LogP contribution in [0.15, 0.2) is 47.5 Å². The molecule has 0 saturated carbocycles. The average molecular weight is 349 g/mol. The predicted molar refractivity (Wildman–Crippen MR) is 90.4 cm³/mol. The summed E-state index contributed by atoms with van der Waals surface area (Å²) in [6.45, 7) is 4.28. The number of nitrogens with zero attached hydrogens (tertiary/aromatic N) is 2. The quantitative estimate of drug-likeness (QED) is 0.832. The lowest BCUT2D eigenvalue weighted by Crippen LogP contribution is -2.30. The molecule has 0 aliphatic rings. The highest BCUT2D eigenvalue weighted by atomic mass is 32.2. The highest BCUT2D eigenvalue weighted by Gasteiger charge is 2.21. The van der Waals surface area contributed by atoms with Gasteiger partial charge in [0, 0.05) is 24.8 Å². The van der Waals surface area contributed by atoms with Crippen LogP contribution in [-0.4, -0.2) is 41.8 Å². The molecule has 24 heavy (non-hydrogen) atoms. The SMILES string of the molecule is CCN(CC)S(=O)(=O)c1ccc(C(=O)Nc2ncccc2O)cc1. The first kappa shape index (κ1) is 17.9. The molecule has 0 unspecified atom stereocenters. The summed E-state index contributed by atoms with van der Waals surface area (Å²) in [5.74, 6) is -0.593. The molecule has 1 aromatic heterocycles. The monoisotopic (exact) mass is 349 g/mol. The number of aromatic nitrogens is 1. The van der Waals surface area contributed by atoms with Gasteiger partial charge in [0.2, 0.25) is 10.0 Å². The third-order valence-corrected chi connectivity index (χ3v) is 5.54. The van der Waals surface area contributed by atoms with Crippen molar-refractivity contribution in [2.24, 2.45) is 0 Å². The topological polar surface area (TPSA) is 99.6 Å². The Labute approximate surface area is 141 Å². The second-order valence-electron chi connectivity index (χ2n) is 4.94. The Bertz CT molecular complexity index is 815. The summed E-state index contributed by atoms with van der Waals surface area (Å²) in [5, 5.41) is 12.1. The van der Waals surface area contributed by atoms with Crippen LogP contribution in [0.2, 0.25) is 0 Å². The van der Waals surface area contributed by atoms with Gasteiger partial charge in [-0.15, -0.1) is 0 Å². The number of carbonyl (C=O) groups is 1. The predicted octanol–water partition coefficient (Wildman–Crippen LogP) is 2.07. The highest BCUT2D eigenvalue weighted by molar-refractivity contribution is 7.89. The maximum Gasteiger partial charge on any atom is 0.256 e. The third kappa shape index (κ3) is 3.72. The molecular weight excluding hydrogens is 330 g/mol. The standard InChI is InChI=1S/C16H19N3O4S/c1-3-19(4-2)24(22,23)13-9-7-12(8-10-13)16(21)18-15-14(20)6-5-11-17-15/h5-11,20H,3-4H2,1-2H3,(H,17,18,21). The van der Waals surface area contributed by atoms with E-state index in [1.165, 1.54) is 46.9 Å². The van der Waals surface area contributed by atoms with Gasteiger partial charge in [0.1, 0.15) is 0 Å². The van der Waals surface area contributed by atoms with Crippen LogP contribution in [0.5, 0.6) is 5.75 Å². The van der Waals surface area contributed by atoms with Crippen LogP contribution in [0.25, 0.3) is 0 Å². The van der Waals surface area contributed by atoms with E-state index in [0.29, 0.717) is 13.1 Å². The fraction of sp³-hybridized carbons (Fsp3) is 0.250. The van der Waals surface area contributed by atoms with E-state index in [1.54, 1.807) is 13.8 Å². The lowest BCUT2D eigenvalue weighted by molar-refractivity contribution is 0.102. The zero-order chi connectivity index (χ0) is 17.7. The van der Waals surface area contributed by atoms with Crippen molar-refractivity contribution in [1.29, 1.82) is 0 Å². The first-order valence-corrected chi connectivity index (χ1v) is 8.89. The maximum absolute atomic E-state index is 12.4. The molecule has 0 fully saturated rings. The Morgan fingerprint density at radius 1 is 1.17 bits per heavy atom. The number of hydrogen-bond donors (Lipinski definition) is 2. The van der Waals surface area contributed by atoms with Crippen molar-refractivity contribution in [1.82, 2.24) is 9.29 Å². The van der Waals surface area contributed by atoms with Gasteiger partial charge in [-0.3, -0.25) is 4.79 Å². The van der Waals surface area contributed by atoms with E-state index in [2.05, 4.69) is 10.3 Å². The fourth-order valence-electron chi connectivity index (χ4n) is 2.16. The van der Waals surface area contributed by atoms with Gasteiger partial charge in [0.15, 0.2) is 11.6 Å². The third-order valence-electron chi connectivity index (χ3n) is 3.48. The molecule has 1 amide bonds. The minimum Gasteiger partial charge on any atom is -0.504 e. The Morgan fingerprint density at radius 2 is 1.79 bits per heavy atom. The van der Waals surface area contributed by atoms with Crippen LogP contribution < -0.4 is 5.32 Å². The Kier molecular flexibility index (Phi) is 5.53. The molecule has 2 rings (SSSR count). The summed E-state index contributed by atoms with van der Waals surface area (Å²) in [6.07, 6.45) is 1.44. The molecule has 1 heterocycles. The lowest BCUT2D eigenvalue weighted by atomic mass is 10.2. The normalized spacial score (nSPS) is 11.5. The van der Waals surface area contributed by atoms with Gasteiger partial charge in [-0.1, -0.05) is 13.8 Å². The lowest BCUT2D eigenvalue weighted by Gasteiger charge is -2.18. The molecular formula is C16H19N3O4S.